The van der Waals surface area contributed by atoms with E-state index in [0.717, 1.165) is 16.7 Å². The molecule has 8 heteroatoms. The minimum atomic E-state index is -3.52. The topological polar surface area (TPSA) is 66.5 Å². The average molecular weight is 572 g/mol. The molecule has 4 rings (SSSR count). The predicted octanol–water partition coefficient (Wildman–Crippen LogP) is 6.67. The van der Waals surface area contributed by atoms with Crippen molar-refractivity contribution in [3.8, 4) is 0 Å². The van der Waals surface area contributed by atoms with Crippen LogP contribution >= 0.6 is 23.2 Å². The molecular formula is C30H32Cl2N2O3S. The molecule has 0 radical (unpaired) electrons. The molecule has 1 amide bonds. The van der Waals surface area contributed by atoms with E-state index in [9.17, 15) is 13.2 Å². The molecule has 1 aliphatic heterocycles. The van der Waals surface area contributed by atoms with Crippen LogP contribution < -0.4 is 5.32 Å². The number of carbonyl (C=O) groups excluding carboxylic acids is 1. The Morgan fingerprint density at radius 3 is 2.03 bits per heavy atom. The molecule has 1 saturated heterocycles. The molecule has 1 heterocycles. The average Bonchev–Trinajstić information content (AvgIpc) is 2.82. The molecule has 1 aliphatic rings. The van der Waals surface area contributed by atoms with Crippen LogP contribution in [-0.4, -0.2) is 38.9 Å². The zero-order valence-corrected chi connectivity index (χ0v) is 24.1. The molecule has 0 saturated carbocycles. The summed E-state index contributed by atoms with van der Waals surface area (Å²) < 4.78 is 26.0. The Morgan fingerprint density at radius 1 is 0.947 bits per heavy atom. The maximum absolute atomic E-state index is 13.0. The van der Waals surface area contributed by atoms with E-state index >= 15 is 0 Å². The van der Waals surface area contributed by atoms with E-state index in [2.05, 4.69) is 10.2 Å². The fraction of sp³-hybridized carbons (Fsp3) is 0.300. The summed E-state index contributed by atoms with van der Waals surface area (Å²) in [5, 5.41) is 5.62. The van der Waals surface area contributed by atoms with Crippen molar-refractivity contribution >= 4 is 38.9 Å². The van der Waals surface area contributed by atoms with Crippen molar-refractivity contribution in [3.63, 3.8) is 0 Å². The van der Waals surface area contributed by atoms with Gasteiger partial charge < -0.3 is 5.32 Å². The SMILES string of the molecule is CC(C)(C)CNC(=O)c1cccc(CS(=O)(=O)C=C2CN(C(c3ccc(Cl)cc3)c3ccc(Cl)cc3)C2)c1. The van der Waals surface area contributed by atoms with Gasteiger partial charge in [0.15, 0.2) is 9.84 Å². The first kappa shape index (κ1) is 28.4. The number of carbonyl (C=O) groups is 1. The number of amides is 1. The first-order valence-electron chi connectivity index (χ1n) is 12.4. The molecule has 0 unspecified atom stereocenters. The Balaban J connectivity index is 1.45. The van der Waals surface area contributed by atoms with Gasteiger partial charge in [0.25, 0.3) is 5.91 Å². The number of nitrogens with zero attached hydrogens (tertiary/aromatic N) is 1. The Morgan fingerprint density at radius 2 is 1.50 bits per heavy atom. The van der Waals surface area contributed by atoms with Gasteiger partial charge in [0.2, 0.25) is 0 Å². The van der Waals surface area contributed by atoms with Crippen LogP contribution in [0.25, 0.3) is 0 Å². The van der Waals surface area contributed by atoms with Crippen molar-refractivity contribution in [2.24, 2.45) is 5.41 Å². The van der Waals surface area contributed by atoms with Crippen molar-refractivity contribution in [1.29, 1.82) is 0 Å². The van der Waals surface area contributed by atoms with Crippen molar-refractivity contribution in [2.45, 2.75) is 32.6 Å². The molecule has 0 spiro atoms. The van der Waals surface area contributed by atoms with E-state index in [1.165, 1.54) is 5.41 Å². The van der Waals surface area contributed by atoms with Gasteiger partial charge in [0, 0.05) is 40.7 Å². The first-order chi connectivity index (χ1) is 17.9. The van der Waals surface area contributed by atoms with Crippen molar-refractivity contribution < 1.29 is 13.2 Å². The lowest BCUT2D eigenvalue weighted by Crippen LogP contribution is -2.43. The highest BCUT2D eigenvalue weighted by molar-refractivity contribution is 7.93. The molecular weight excluding hydrogens is 539 g/mol. The number of hydrogen-bond donors (Lipinski definition) is 1. The van der Waals surface area contributed by atoms with Crippen LogP contribution in [-0.2, 0) is 15.6 Å². The fourth-order valence-electron chi connectivity index (χ4n) is 4.41. The molecule has 0 aromatic heterocycles. The van der Waals surface area contributed by atoms with Crippen LogP contribution in [0.3, 0.4) is 0 Å². The van der Waals surface area contributed by atoms with E-state index in [4.69, 9.17) is 23.2 Å². The summed E-state index contributed by atoms with van der Waals surface area (Å²) in [5.74, 6) is -0.364. The number of halogens is 2. The fourth-order valence-corrected chi connectivity index (χ4v) is 6.05. The highest BCUT2D eigenvalue weighted by atomic mass is 35.5. The summed E-state index contributed by atoms with van der Waals surface area (Å²) in [5.41, 5.74) is 3.98. The standard InChI is InChI=1S/C30H32Cl2N2O3S/c1-30(2,3)20-33-29(35)25-6-4-5-21(15-25)18-38(36,37)19-22-16-34(17-22)28(23-7-11-26(31)12-8-23)24-9-13-27(32)14-10-24/h4-15,19,28H,16-18,20H2,1-3H3,(H,33,35). The number of hydrogen-bond acceptors (Lipinski definition) is 4. The predicted molar refractivity (Wildman–Crippen MR) is 155 cm³/mol. The number of nitrogens with one attached hydrogen (secondary N) is 1. The Hall–Kier alpha value is -2.64. The summed E-state index contributed by atoms with van der Waals surface area (Å²) >= 11 is 12.2. The van der Waals surface area contributed by atoms with Gasteiger partial charge in [0.05, 0.1) is 11.8 Å². The Bertz CT molecular complexity index is 1370. The van der Waals surface area contributed by atoms with Crippen LogP contribution in [0.2, 0.25) is 10.0 Å². The maximum Gasteiger partial charge on any atom is 0.251 e. The number of benzene rings is 3. The quantitative estimate of drug-likeness (QED) is 0.328. The minimum Gasteiger partial charge on any atom is -0.352 e. The van der Waals surface area contributed by atoms with Crippen LogP contribution in [0.5, 0.6) is 0 Å². The third-order valence-corrected chi connectivity index (χ3v) is 8.16. The van der Waals surface area contributed by atoms with Crippen molar-refractivity contribution in [1.82, 2.24) is 10.2 Å². The molecule has 200 valence electrons. The summed E-state index contributed by atoms with van der Waals surface area (Å²) in [6.45, 7) is 7.72. The van der Waals surface area contributed by atoms with Crippen molar-refractivity contribution in [3.05, 3.63) is 116 Å². The lowest BCUT2D eigenvalue weighted by Gasteiger charge is -2.41. The highest BCUT2D eigenvalue weighted by Crippen LogP contribution is 2.35. The molecule has 3 aromatic carbocycles. The monoisotopic (exact) mass is 570 g/mol. The van der Waals surface area contributed by atoms with Crippen LogP contribution in [0, 0.1) is 5.41 Å². The van der Waals surface area contributed by atoms with Gasteiger partial charge in [-0.1, -0.05) is 80.4 Å². The number of likely N-dealkylation sites (tertiary alicyclic amines) is 1. The summed E-state index contributed by atoms with van der Waals surface area (Å²) in [6, 6.07) is 22.2. The summed E-state index contributed by atoms with van der Waals surface area (Å²) in [7, 11) is -3.52. The third kappa shape index (κ3) is 7.70. The largest absolute Gasteiger partial charge is 0.352 e. The molecule has 1 fully saturated rings. The third-order valence-electron chi connectivity index (χ3n) is 6.23. The van der Waals surface area contributed by atoms with E-state index in [0.29, 0.717) is 40.8 Å². The molecule has 0 aliphatic carbocycles. The second-order valence-corrected chi connectivity index (χ2v) is 13.7. The molecule has 0 atom stereocenters. The number of sulfone groups is 1. The van der Waals surface area contributed by atoms with Gasteiger partial charge in [-0.2, -0.15) is 0 Å². The number of rotatable bonds is 8. The van der Waals surface area contributed by atoms with Crippen LogP contribution in [0.15, 0.2) is 83.8 Å². The minimum absolute atomic E-state index is 0.0421. The smallest absolute Gasteiger partial charge is 0.251 e. The maximum atomic E-state index is 13.0. The Labute approximate surface area is 235 Å². The lowest BCUT2D eigenvalue weighted by molar-refractivity contribution is 0.0939. The van der Waals surface area contributed by atoms with E-state index in [1.807, 2.05) is 69.3 Å². The van der Waals surface area contributed by atoms with Gasteiger partial charge in [-0.15, -0.1) is 0 Å². The van der Waals surface area contributed by atoms with Gasteiger partial charge in [0.1, 0.15) is 0 Å². The Kier molecular flexibility index (Phi) is 8.68. The molecule has 38 heavy (non-hydrogen) atoms. The normalized spacial score (nSPS) is 14.3. The van der Waals surface area contributed by atoms with Gasteiger partial charge in [-0.05, 0) is 64.1 Å². The van der Waals surface area contributed by atoms with Gasteiger partial charge in [-0.3, -0.25) is 9.69 Å². The lowest BCUT2D eigenvalue weighted by atomic mass is 9.93. The van der Waals surface area contributed by atoms with Crippen LogP contribution in [0.4, 0.5) is 0 Å². The molecule has 0 bridgehead atoms. The second kappa shape index (κ2) is 11.6. The van der Waals surface area contributed by atoms with E-state index in [-0.39, 0.29) is 23.1 Å². The van der Waals surface area contributed by atoms with E-state index < -0.39 is 9.84 Å². The van der Waals surface area contributed by atoms with Crippen LogP contribution in [0.1, 0.15) is 53.9 Å². The van der Waals surface area contributed by atoms with Crippen molar-refractivity contribution in [2.75, 3.05) is 19.6 Å². The highest BCUT2D eigenvalue weighted by Gasteiger charge is 2.31. The summed E-state index contributed by atoms with van der Waals surface area (Å²) in [6.07, 6.45) is 0. The van der Waals surface area contributed by atoms with Gasteiger partial charge >= 0.3 is 0 Å². The second-order valence-electron chi connectivity index (χ2n) is 10.9. The first-order valence-corrected chi connectivity index (χ1v) is 14.9. The zero-order chi connectivity index (χ0) is 27.5. The summed E-state index contributed by atoms with van der Waals surface area (Å²) in [4.78, 5) is 14.7. The molecule has 5 nitrogen and oxygen atoms in total. The van der Waals surface area contributed by atoms with E-state index in [1.54, 1.807) is 24.3 Å². The zero-order valence-electron chi connectivity index (χ0n) is 21.7. The molecule has 3 aromatic rings. The molecule has 1 N–H and O–H groups in total. The van der Waals surface area contributed by atoms with Gasteiger partial charge in [-0.25, -0.2) is 8.42 Å².